The summed E-state index contributed by atoms with van der Waals surface area (Å²) in [5.74, 6) is 0.172. The number of hydrogen-bond donors (Lipinski definition) is 2. The second-order valence-corrected chi connectivity index (χ2v) is 8.32. The number of anilines is 1. The molecule has 0 atom stereocenters. The Bertz CT molecular complexity index is 1390. The lowest BCUT2D eigenvalue weighted by Crippen LogP contribution is -2.11. The minimum atomic E-state index is -0.644. The first kappa shape index (κ1) is 20.9. The quantitative estimate of drug-likeness (QED) is 0.467. The van der Waals surface area contributed by atoms with Crippen molar-refractivity contribution in [1.29, 1.82) is 0 Å². The Kier molecular flexibility index (Phi) is 4.99. The SMILES string of the molecule is Cc1c(-c2cnc(NCc3c(F)ccc4c3CCO4)n3cc(C(N)=O)nc23)cnn1C(C)C. The normalized spacial score (nSPS) is 12.9. The Morgan fingerprint density at radius 2 is 2.12 bits per heavy atom. The van der Waals surface area contributed by atoms with E-state index in [2.05, 4.69) is 34.2 Å². The maximum absolute atomic E-state index is 14.6. The summed E-state index contributed by atoms with van der Waals surface area (Å²) >= 11 is 0. The highest BCUT2D eigenvalue weighted by atomic mass is 19.1. The van der Waals surface area contributed by atoms with Gasteiger partial charge < -0.3 is 15.8 Å². The van der Waals surface area contributed by atoms with Gasteiger partial charge >= 0.3 is 0 Å². The molecule has 0 radical (unpaired) electrons. The van der Waals surface area contributed by atoms with E-state index < -0.39 is 5.91 Å². The largest absolute Gasteiger partial charge is 0.493 e. The van der Waals surface area contributed by atoms with Crippen LogP contribution in [0, 0.1) is 12.7 Å². The molecule has 0 saturated heterocycles. The smallest absolute Gasteiger partial charge is 0.268 e. The third-order valence-corrected chi connectivity index (χ3v) is 5.93. The minimum Gasteiger partial charge on any atom is -0.493 e. The van der Waals surface area contributed by atoms with Gasteiger partial charge in [0.05, 0.1) is 12.8 Å². The predicted octanol–water partition coefficient (Wildman–Crippen LogP) is 3.27. The maximum Gasteiger partial charge on any atom is 0.268 e. The first-order valence-electron chi connectivity index (χ1n) is 10.7. The summed E-state index contributed by atoms with van der Waals surface area (Å²) in [5, 5.41) is 7.66. The van der Waals surface area contributed by atoms with Gasteiger partial charge in [0, 0.05) is 59.3 Å². The number of imidazole rings is 1. The van der Waals surface area contributed by atoms with Crippen LogP contribution in [0.3, 0.4) is 0 Å². The van der Waals surface area contributed by atoms with Crippen molar-refractivity contribution < 1.29 is 13.9 Å². The highest BCUT2D eigenvalue weighted by molar-refractivity contribution is 5.92. The number of aromatic nitrogens is 5. The van der Waals surface area contributed by atoms with Crippen LogP contribution in [-0.4, -0.2) is 36.7 Å². The summed E-state index contributed by atoms with van der Waals surface area (Å²) < 4.78 is 23.7. The van der Waals surface area contributed by atoms with E-state index in [4.69, 9.17) is 10.5 Å². The number of halogens is 1. The molecule has 0 fully saturated rings. The van der Waals surface area contributed by atoms with Gasteiger partial charge in [-0.15, -0.1) is 0 Å². The second-order valence-electron chi connectivity index (χ2n) is 8.32. The Hall–Kier alpha value is -3.95. The van der Waals surface area contributed by atoms with E-state index in [0.717, 1.165) is 22.4 Å². The first-order valence-corrected chi connectivity index (χ1v) is 10.7. The lowest BCUT2D eigenvalue weighted by molar-refractivity contribution is 0.0996. The summed E-state index contributed by atoms with van der Waals surface area (Å²) in [5.41, 5.74) is 10.1. The number of ether oxygens (including phenoxy) is 1. The average molecular weight is 449 g/mol. The van der Waals surface area contributed by atoms with Crippen molar-refractivity contribution >= 4 is 17.5 Å². The van der Waals surface area contributed by atoms with Crippen molar-refractivity contribution in [2.75, 3.05) is 11.9 Å². The van der Waals surface area contributed by atoms with Crippen LogP contribution in [-0.2, 0) is 13.0 Å². The Labute approximate surface area is 189 Å². The number of nitrogens with zero attached hydrogens (tertiary/aromatic N) is 5. The van der Waals surface area contributed by atoms with E-state index in [1.165, 1.54) is 12.3 Å². The van der Waals surface area contributed by atoms with E-state index in [9.17, 15) is 9.18 Å². The molecule has 3 N–H and O–H groups in total. The number of nitrogens with two attached hydrogens (primary N) is 1. The predicted molar refractivity (Wildman–Crippen MR) is 121 cm³/mol. The fourth-order valence-corrected chi connectivity index (χ4v) is 4.30. The van der Waals surface area contributed by atoms with Crippen LogP contribution in [0.25, 0.3) is 16.8 Å². The molecule has 5 rings (SSSR count). The molecule has 1 aromatic carbocycles. The number of nitrogens with one attached hydrogen (secondary N) is 1. The highest BCUT2D eigenvalue weighted by Gasteiger charge is 2.22. The van der Waals surface area contributed by atoms with E-state index in [1.54, 1.807) is 22.9 Å². The molecule has 4 heterocycles. The minimum absolute atomic E-state index is 0.112. The fourth-order valence-electron chi connectivity index (χ4n) is 4.30. The number of carbonyl (C=O) groups is 1. The molecule has 170 valence electrons. The van der Waals surface area contributed by atoms with Gasteiger partial charge in [-0.1, -0.05) is 0 Å². The van der Waals surface area contributed by atoms with Gasteiger partial charge in [0.2, 0.25) is 5.95 Å². The van der Waals surface area contributed by atoms with Crippen molar-refractivity contribution in [2.45, 2.75) is 39.8 Å². The number of benzene rings is 1. The van der Waals surface area contributed by atoms with Crippen molar-refractivity contribution in [2.24, 2.45) is 5.73 Å². The number of rotatable bonds is 6. The lowest BCUT2D eigenvalue weighted by Gasteiger charge is -2.13. The molecule has 0 unspecified atom stereocenters. The van der Waals surface area contributed by atoms with Crippen LogP contribution >= 0.6 is 0 Å². The zero-order valence-corrected chi connectivity index (χ0v) is 18.6. The molecule has 1 aliphatic rings. The fraction of sp³-hybridized carbons (Fsp3) is 0.304. The molecule has 9 nitrogen and oxygen atoms in total. The van der Waals surface area contributed by atoms with E-state index in [0.29, 0.717) is 35.9 Å². The van der Waals surface area contributed by atoms with Crippen LogP contribution in [0.15, 0.2) is 30.7 Å². The summed E-state index contributed by atoms with van der Waals surface area (Å²) in [7, 11) is 0. The zero-order valence-electron chi connectivity index (χ0n) is 18.6. The van der Waals surface area contributed by atoms with Crippen LogP contribution < -0.4 is 15.8 Å². The maximum atomic E-state index is 14.6. The van der Waals surface area contributed by atoms with Crippen molar-refractivity contribution in [3.05, 3.63) is 59.1 Å². The number of amides is 1. The molecule has 33 heavy (non-hydrogen) atoms. The van der Waals surface area contributed by atoms with Crippen molar-refractivity contribution in [3.63, 3.8) is 0 Å². The summed E-state index contributed by atoms with van der Waals surface area (Å²) in [6, 6.07) is 3.25. The monoisotopic (exact) mass is 449 g/mol. The molecule has 3 aromatic heterocycles. The summed E-state index contributed by atoms with van der Waals surface area (Å²) in [6.07, 6.45) is 5.63. The van der Waals surface area contributed by atoms with Gasteiger partial charge in [-0.25, -0.2) is 14.4 Å². The van der Waals surface area contributed by atoms with Gasteiger partial charge in [-0.05, 0) is 32.9 Å². The Morgan fingerprint density at radius 3 is 2.85 bits per heavy atom. The number of primary amides is 1. The molecule has 0 bridgehead atoms. The molecule has 0 aliphatic carbocycles. The average Bonchev–Trinajstić information content (AvgIpc) is 3.51. The number of fused-ring (bicyclic) bond motifs is 2. The highest BCUT2D eigenvalue weighted by Crippen LogP contribution is 2.32. The molecule has 10 heteroatoms. The third-order valence-electron chi connectivity index (χ3n) is 5.93. The summed E-state index contributed by atoms with van der Waals surface area (Å²) in [6.45, 7) is 6.82. The molecular formula is C23H24FN7O2. The molecule has 0 spiro atoms. The van der Waals surface area contributed by atoms with E-state index in [1.807, 2.05) is 11.6 Å². The van der Waals surface area contributed by atoms with Gasteiger partial charge in [0.25, 0.3) is 5.91 Å². The van der Waals surface area contributed by atoms with Crippen LogP contribution in [0.2, 0.25) is 0 Å². The van der Waals surface area contributed by atoms with Crippen LogP contribution in [0.5, 0.6) is 5.75 Å². The van der Waals surface area contributed by atoms with E-state index in [-0.39, 0.29) is 24.1 Å². The Morgan fingerprint density at radius 1 is 1.30 bits per heavy atom. The van der Waals surface area contributed by atoms with Crippen molar-refractivity contribution in [3.8, 4) is 16.9 Å². The molecule has 1 amide bonds. The standard InChI is InChI=1S/C23H24FN7O2/c1-12(2)31-13(3)15(10-28-31)17-9-27-23(30-11-19(21(25)32)29-22(17)30)26-8-16-14-6-7-33-20(14)5-4-18(16)24/h4-5,9-12H,6-8H2,1-3H3,(H2,25,32)(H,26,27). The second kappa shape index (κ2) is 7.88. The van der Waals surface area contributed by atoms with Crippen LogP contribution in [0.4, 0.5) is 10.3 Å². The van der Waals surface area contributed by atoms with Gasteiger partial charge in [0.1, 0.15) is 22.9 Å². The molecular weight excluding hydrogens is 425 g/mol. The molecule has 0 saturated carbocycles. The zero-order chi connectivity index (χ0) is 23.3. The molecule has 4 aromatic rings. The third kappa shape index (κ3) is 3.47. The molecule has 1 aliphatic heterocycles. The summed E-state index contributed by atoms with van der Waals surface area (Å²) in [4.78, 5) is 20.9. The van der Waals surface area contributed by atoms with Gasteiger partial charge in [0.15, 0.2) is 0 Å². The van der Waals surface area contributed by atoms with Crippen LogP contribution in [0.1, 0.15) is 47.2 Å². The number of hydrogen-bond acceptors (Lipinski definition) is 6. The first-order chi connectivity index (χ1) is 15.8. The lowest BCUT2D eigenvalue weighted by atomic mass is 10.0. The van der Waals surface area contributed by atoms with Gasteiger partial charge in [-0.3, -0.25) is 13.9 Å². The van der Waals surface area contributed by atoms with Gasteiger partial charge in [-0.2, -0.15) is 5.10 Å². The van der Waals surface area contributed by atoms with E-state index >= 15 is 0 Å². The van der Waals surface area contributed by atoms with Crippen molar-refractivity contribution in [1.82, 2.24) is 24.1 Å². The number of carbonyl (C=O) groups excluding carboxylic acids is 1. The topological polar surface area (TPSA) is 112 Å². The Balaban J connectivity index is 1.57.